The fraction of sp³-hybridized carbons (Fsp3) is 0.200. The number of carbonyl (C=O) groups is 1. The molecule has 1 aliphatic heterocycles. The highest BCUT2D eigenvalue weighted by Crippen LogP contribution is 2.27. The molecule has 2 N–H and O–H groups in total. The summed E-state index contributed by atoms with van der Waals surface area (Å²) < 4.78 is 0.774. The van der Waals surface area contributed by atoms with Crippen LogP contribution in [0.3, 0.4) is 0 Å². The first-order valence-corrected chi connectivity index (χ1v) is 7.31. The van der Waals surface area contributed by atoms with Crippen LogP contribution in [0.5, 0.6) is 0 Å². The predicted octanol–water partition coefficient (Wildman–Crippen LogP) is 3.45. The van der Waals surface area contributed by atoms with Gasteiger partial charge in [-0.2, -0.15) is 0 Å². The van der Waals surface area contributed by atoms with Gasteiger partial charge in [-0.15, -0.1) is 0 Å². The van der Waals surface area contributed by atoms with Gasteiger partial charge in [-0.1, -0.05) is 6.07 Å². The lowest BCUT2D eigenvalue weighted by atomic mass is 9.97. The highest BCUT2D eigenvalue weighted by Gasteiger charge is 2.17. The number of benzene rings is 1. The molecule has 0 radical (unpaired) electrons. The zero-order valence-electron chi connectivity index (χ0n) is 10.8. The van der Waals surface area contributed by atoms with Gasteiger partial charge in [0.1, 0.15) is 0 Å². The summed E-state index contributed by atoms with van der Waals surface area (Å²) in [4.78, 5) is 16.4. The van der Waals surface area contributed by atoms with Crippen molar-refractivity contribution >= 4 is 33.2 Å². The molecule has 0 saturated carbocycles. The Hall–Kier alpha value is -1.88. The number of carbonyl (C=O) groups excluding carboxylic acids is 1. The van der Waals surface area contributed by atoms with Crippen LogP contribution in [0.1, 0.15) is 22.3 Å². The summed E-state index contributed by atoms with van der Waals surface area (Å²) >= 11 is 3.38. The summed E-state index contributed by atoms with van der Waals surface area (Å²) in [5.41, 5.74) is 3.63. The number of rotatable bonds is 2. The van der Waals surface area contributed by atoms with Crippen LogP contribution in [0.4, 0.5) is 11.4 Å². The average Bonchev–Trinajstić information content (AvgIpc) is 2.49. The second kappa shape index (κ2) is 5.63. The van der Waals surface area contributed by atoms with Crippen molar-refractivity contribution < 1.29 is 4.79 Å². The van der Waals surface area contributed by atoms with E-state index in [0.29, 0.717) is 0 Å². The molecule has 1 amide bonds. The maximum atomic E-state index is 12.5. The Kier molecular flexibility index (Phi) is 3.69. The third-order valence-corrected chi connectivity index (χ3v) is 3.99. The monoisotopic (exact) mass is 331 g/mol. The minimum atomic E-state index is -0.0857. The number of anilines is 2. The quantitative estimate of drug-likeness (QED) is 0.886. The first kappa shape index (κ1) is 13.1. The first-order chi connectivity index (χ1) is 9.75. The minimum absolute atomic E-state index is 0.0857. The van der Waals surface area contributed by atoms with Gasteiger partial charge >= 0.3 is 0 Å². The maximum absolute atomic E-state index is 12.5. The molecule has 102 valence electrons. The highest BCUT2D eigenvalue weighted by atomic mass is 79.9. The number of aromatic nitrogens is 1. The topological polar surface area (TPSA) is 54.0 Å². The second-order valence-corrected chi connectivity index (χ2v) is 5.53. The summed E-state index contributed by atoms with van der Waals surface area (Å²) in [7, 11) is 0. The van der Waals surface area contributed by atoms with E-state index < -0.39 is 0 Å². The molecule has 5 heteroatoms. The van der Waals surface area contributed by atoms with Crippen molar-refractivity contribution in [1.82, 2.24) is 4.98 Å². The van der Waals surface area contributed by atoms with E-state index in [0.717, 1.165) is 46.4 Å². The molecule has 20 heavy (non-hydrogen) atoms. The first-order valence-electron chi connectivity index (χ1n) is 6.52. The molecule has 2 heterocycles. The number of fused-ring (bicyclic) bond motifs is 1. The molecule has 0 fully saturated rings. The van der Waals surface area contributed by atoms with Crippen LogP contribution in [-0.2, 0) is 6.42 Å². The number of amides is 1. The zero-order chi connectivity index (χ0) is 13.9. The highest BCUT2D eigenvalue weighted by molar-refractivity contribution is 9.10. The molecule has 4 nitrogen and oxygen atoms in total. The van der Waals surface area contributed by atoms with E-state index in [2.05, 4.69) is 31.5 Å². The normalized spacial score (nSPS) is 13.2. The van der Waals surface area contributed by atoms with Crippen molar-refractivity contribution in [3.63, 3.8) is 0 Å². The standard InChI is InChI=1S/C15H14BrN3O/c16-12-9-17-8-6-14(12)19-15(20)11-3-1-5-13-10(11)4-2-7-18-13/h1,3,5-6,8-9,18H,2,4,7H2,(H,17,19,20). The van der Waals surface area contributed by atoms with Crippen molar-refractivity contribution in [2.45, 2.75) is 12.8 Å². The number of halogens is 1. The van der Waals surface area contributed by atoms with Crippen molar-refractivity contribution in [2.75, 3.05) is 17.2 Å². The lowest BCUT2D eigenvalue weighted by molar-refractivity contribution is 0.102. The van der Waals surface area contributed by atoms with E-state index in [9.17, 15) is 4.79 Å². The van der Waals surface area contributed by atoms with Crippen LogP contribution in [0, 0.1) is 0 Å². The van der Waals surface area contributed by atoms with E-state index in [4.69, 9.17) is 0 Å². The van der Waals surface area contributed by atoms with Gasteiger partial charge in [0, 0.05) is 30.2 Å². The van der Waals surface area contributed by atoms with Crippen molar-refractivity contribution in [2.24, 2.45) is 0 Å². The van der Waals surface area contributed by atoms with Gasteiger partial charge in [0.25, 0.3) is 5.91 Å². The Balaban J connectivity index is 1.90. The lowest BCUT2D eigenvalue weighted by Crippen LogP contribution is -2.19. The van der Waals surface area contributed by atoms with Crippen LogP contribution in [0.15, 0.2) is 41.1 Å². The number of nitrogens with one attached hydrogen (secondary N) is 2. The fourth-order valence-corrected chi connectivity index (χ4v) is 2.74. The summed E-state index contributed by atoms with van der Waals surface area (Å²) in [5, 5.41) is 6.26. The average molecular weight is 332 g/mol. The zero-order valence-corrected chi connectivity index (χ0v) is 12.4. The Morgan fingerprint density at radius 2 is 2.25 bits per heavy atom. The van der Waals surface area contributed by atoms with E-state index in [-0.39, 0.29) is 5.91 Å². The second-order valence-electron chi connectivity index (χ2n) is 4.67. The molecule has 0 atom stereocenters. The fourth-order valence-electron chi connectivity index (χ4n) is 2.39. The Labute approximate surface area is 125 Å². The SMILES string of the molecule is O=C(Nc1ccncc1Br)c1cccc2c1CCCN2. The maximum Gasteiger partial charge on any atom is 0.256 e. The van der Waals surface area contributed by atoms with E-state index in [1.807, 2.05) is 18.2 Å². The Morgan fingerprint density at radius 1 is 1.35 bits per heavy atom. The van der Waals surface area contributed by atoms with Crippen LogP contribution in [0.25, 0.3) is 0 Å². The molecule has 1 aromatic heterocycles. The van der Waals surface area contributed by atoms with Gasteiger partial charge < -0.3 is 10.6 Å². The van der Waals surface area contributed by atoms with Crippen LogP contribution in [0.2, 0.25) is 0 Å². The third-order valence-electron chi connectivity index (χ3n) is 3.36. The van der Waals surface area contributed by atoms with Crippen LogP contribution >= 0.6 is 15.9 Å². The number of hydrogen-bond acceptors (Lipinski definition) is 3. The van der Waals surface area contributed by atoms with Crippen molar-refractivity contribution in [3.05, 3.63) is 52.3 Å². The van der Waals surface area contributed by atoms with Crippen molar-refractivity contribution in [3.8, 4) is 0 Å². The van der Waals surface area contributed by atoms with Gasteiger partial charge in [-0.3, -0.25) is 9.78 Å². The molecule has 0 spiro atoms. The minimum Gasteiger partial charge on any atom is -0.385 e. The molecule has 0 aliphatic carbocycles. The van der Waals surface area contributed by atoms with Gasteiger partial charge in [-0.05, 0) is 52.5 Å². The van der Waals surface area contributed by atoms with E-state index in [1.54, 1.807) is 18.5 Å². The van der Waals surface area contributed by atoms with E-state index in [1.165, 1.54) is 0 Å². The van der Waals surface area contributed by atoms with Crippen LogP contribution in [-0.4, -0.2) is 17.4 Å². The van der Waals surface area contributed by atoms with Gasteiger partial charge in [-0.25, -0.2) is 0 Å². The van der Waals surface area contributed by atoms with Gasteiger partial charge in [0.05, 0.1) is 10.2 Å². The summed E-state index contributed by atoms with van der Waals surface area (Å²) in [6, 6.07) is 7.58. The van der Waals surface area contributed by atoms with Gasteiger partial charge in [0.15, 0.2) is 0 Å². The molecule has 3 rings (SSSR count). The molecule has 2 aromatic rings. The molecule has 1 aliphatic rings. The Bertz CT molecular complexity index is 657. The molecule has 0 unspecified atom stereocenters. The molecular weight excluding hydrogens is 318 g/mol. The van der Waals surface area contributed by atoms with Crippen molar-refractivity contribution in [1.29, 1.82) is 0 Å². The summed E-state index contributed by atoms with van der Waals surface area (Å²) in [6.45, 7) is 0.966. The third kappa shape index (κ3) is 2.54. The van der Waals surface area contributed by atoms with Crippen LogP contribution < -0.4 is 10.6 Å². The number of hydrogen-bond donors (Lipinski definition) is 2. The number of pyridine rings is 1. The molecular formula is C15H14BrN3O. The summed E-state index contributed by atoms with van der Waals surface area (Å²) in [6.07, 6.45) is 5.31. The lowest BCUT2D eigenvalue weighted by Gasteiger charge is -2.20. The molecule has 0 bridgehead atoms. The van der Waals surface area contributed by atoms with E-state index >= 15 is 0 Å². The number of nitrogens with zero attached hydrogens (tertiary/aromatic N) is 1. The smallest absolute Gasteiger partial charge is 0.256 e. The Morgan fingerprint density at radius 3 is 3.10 bits per heavy atom. The van der Waals surface area contributed by atoms with Gasteiger partial charge in [0.2, 0.25) is 0 Å². The molecule has 0 saturated heterocycles. The largest absolute Gasteiger partial charge is 0.385 e. The molecule has 1 aromatic carbocycles. The summed E-state index contributed by atoms with van der Waals surface area (Å²) in [5.74, 6) is -0.0857. The predicted molar refractivity (Wildman–Crippen MR) is 83.1 cm³/mol.